The van der Waals surface area contributed by atoms with Gasteiger partial charge in [-0.25, -0.2) is 15.0 Å². The molecule has 0 saturated heterocycles. The van der Waals surface area contributed by atoms with Crippen LogP contribution in [0.2, 0.25) is 0 Å². The first kappa shape index (κ1) is 23.7. The van der Waals surface area contributed by atoms with Gasteiger partial charge in [0.25, 0.3) is 5.89 Å². The number of hydrogen-bond acceptors (Lipinski definition) is 7. The van der Waals surface area contributed by atoms with Gasteiger partial charge in [-0.15, -0.1) is 4.91 Å². The van der Waals surface area contributed by atoms with E-state index in [0.717, 1.165) is 37.2 Å². The van der Waals surface area contributed by atoms with Crippen molar-refractivity contribution in [3.05, 3.63) is 41.1 Å². The predicted molar refractivity (Wildman–Crippen MR) is 125 cm³/mol. The third-order valence-corrected chi connectivity index (χ3v) is 6.09. The number of carbonyl (C=O) groups is 1. The molecular formula is C23H34N6O3. The van der Waals surface area contributed by atoms with Gasteiger partial charge in [0.15, 0.2) is 5.82 Å². The topological polar surface area (TPSA) is 113 Å². The van der Waals surface area contributed by atoms with Crippen molar-refractivity contribution in [3.8, 4) is 0 Å². The lowest BCUT2D eigenvalue weighted by Gasteiger charge is -2.42. The average Bonchev–Trinajstić information content (AvgIpc) is 3.27. The second-order valence-electron chi connectivity index (χ2n) is 10.4. The average molecular weight is 443 g/mol. The maximum atomic E-state index is 12.5. The van der Waals surface area contributed by atoms with Gasteiger partial charge in [-0.1, -0.05) is 34.6 Å². The first-order valence-electron chi connectivity index (χ1n) is 11.0. The van der Waals surface area contributed by atoms with E-state index in [1.54, 1.807) is 7.05 Å². The molecule has 2 heterocycles. The van der Waals surface area contributed by atoms with E-state index in [9.17, 15) is 9.70 Å². The smallest absolute Gasteiger partial charge is 0.307 e. The monoisotopic (exact) mass is 442 g/mol. The number of nitrogens with zero attached hydrogens (tertiary/aromatic N) is 4. The van der Waals surface area contributed by atoms with Gasteiger partial charge in [-0.05, 0) is 42.2 Å². The molecule has 174 valence electrons. The number of carbonyl (C=O) groups excluding carboxylic acids is 1. The summed E-state index contributed by atoms with van der Waals surface area (Å²) in [5.74, 6) is 0.408. The molecule has 0 aromatic carbocycles. The van der Waals surface area contributed by atoms with E-state index in [1.807, 2.05) is 12.1 Å². The molecule has 1 aliphatic rings. The first-order valence-corrected chi connectivity index (χ1v) is 11.0. The second kappa shape index (κ2) is 9.26. The summed E-state index contributed by atoms with van der Waals surface area (Å²) in [6.07, 6.45) is 5.46. The second-order valence-corrected chi connectivity index (χ2v) is 10.4. The maximum absolute atomic E-state index is 12.5. The van der Waals surface area contributed by atoms with E-state index in [-0.39, 0.29) is 34.6 Å². The Bertz CT molecular complexity index is 936. The Balaban J connectivity index is 1.81. The van der Waals surface area contributed by atoms with Crippen LogP contribution in [0.3, 0.4) is 0 Å². The summed E-state index contributed by atoms with van der Waals surface area (Å²) in [4.78, 5) is 32.6. The molecular weight excluding hydrogens is 408 g/mol. The molecule has 2 aromatic heterocycles. The molecule has 1 saturated carbocycles. The summed E-state index contributed by atoms with van der Waals surface area (Å²) < 4.78 is 5.14. The number of hydrogen-bond donors (Lipinski definition) is 2. The van der Waals surface area contributed by atoms with E-state index in [0.29, 0.717) is 5.82 Å². The van der Waals surface area contributed by atoms with Gasteiger partial charge in [-0.2, -0.15) is 0 Å². The van der Waals surface area contributed by atoms with Gasteiger partial charge in [0.05, 0.1) is 17.2 Å². The Morgan fingerprint density at radius 2 is 2.09 bits per heavy atom. The number of rotatable bonds is 7. The summed E-state index contributed by atoms with van der Waals surface area (Å²) in [6, 6.07) is 3.90. The van der Waals surface area contributed by atoms with E-state index >= 15 is 0 Å². The highest BCUT2D eigenvalue weighted by atomic mass is 16.3. The Morgan fingerprint density at radius 1 is 1.34 bits per heavy atom. The Hall–Kier alpha value is -2.97. The molecule has 3 rings (SSSR count). The van der Waals surface area contributed by atoms with Crippen LogP contribution < -0.4 is 15.6 Å². The fraction of sp³-hybridized carbons (Fsp3) is 0.609. The summed E-state index contributed by atoms with van der Waals surface area (Å²) in [7, 11) is 1.60. The van der Waals surface area contributed by atoms with Gasteiger partial charge >= 0.3 is 5.91 Å². The first-order chi connectivity index (χ1) is 15.0. The number of aromatic nitrogens is 2. The van der Waals surface area contributed by atoms with Crippen molar-refractivity contribution in [1.29, 1.82) is 0 Å². The van der Waals surface area contributed by atoms with Crippen LogP contribution in [0.4, 0.5) is 11.5 Å². The number of nitrogens with one attached hydrogen (secondary N) is 2. The molecule has 0 spiro atoms. The Labute approximate surface area is 189 Å². The lowest BCUT2D eigenvalue weighted by Crippen LogP contribution is -2.48. The van der Waals surface area contributed by atoms with Gasteiger partial charge < -0.3 is 15.1 Å². The minimum Gasteiger partial charge on any atom is -0.441 e. The number of amides is 1. The molecule has 1 aliphatic carbocycles. The molecule has 0 bridgehead atoms. The molecule has 9 nitrogen and oxygen atoms in total. The highest BCUT2D eigenvalue weighted by molar-refractivity contribution is 5.89. The summed E-state index contributed by atoms with van der Waals surface area (Å²) in [5, 5.41) is 10.8. The van der Waals surface area contributed by atoms with Crippen molar-refractivity contribution >= 4 is 17.4 Å². The molecule has 0 aliphatic heterocycles. The fourth-order valence-electron chi connectivity index (χ4n) is 3.99. The third-order valence-electron chi connectivity index (χ3n) is 6.09. The van der Waals surface area contributed by atoms with Crippen LogP contribution in [0.5, 0.6) is 0 Å². The Morgan fingerprint density at radius 3 is 2.72 bits per heavy atom. The van der Waals surface area contributed by atoms with Crippen molar-refractivity contribution in [2.24, 2.45) is 16.1 Å². The van der Waals surface area contributed by atoms with E-state index < -0.39 is 0 Å². The number of pyridine rings is 1. The lowest BCUT2D eigenvalue weighted by molar-refractivity contribution is 0.0802. The van der Waals surface area contributed by atoms with Crippen molar-refractivity contribution < 1.29 is 9.21 Å². The van der Waals surface area contributed by atoms with Crippen molar-refractivity contribution in [2.45, 2.75) is 65.8 Å². The van der Waals surface area contributed by atoms with Crippen LogP contribution in [0.1, 0.15) is 76.2 Å². The normalized spacial score (nSPS) is 20.4. The molecule has 2 aromatic rings. The van der Waals surface area contributed by atoms with Crippen LogP contribution in [-0.2, 0) is 0 Å². The summed E-state index contributed by atoms with van der Waals surface area (Å²) in [6.45, 7) is 11.5. The zero-order valence-corrected chi connectivity index (χ0v) is 19.8. The molecule has 2 N–H and O–H groups in total. The molecule has 1 amide bonds. The highest BCUT2D eigenvalue weighted by Gasteiger charge is 2.39. The summed E-state index contributed by atoms with van der Waals surface area (Å²) >= 11 is 0. The van der Waals surface area contributed by atoms with Crippen LogP contribution in [0, 0.1) is 15.7 Å². The SMILES string of the molecule is CN(N=O)c1nc(C2CCC(C)(C)C(NC(=O)c3ncco3)C2)ccc1NCC(C)(C)C. The standard InChI is InChI=1S/C23H34N6O3/c1-22(2,3)14-25-17-8-7-16(26-19(17)29(6)28-31)15-9-10-23(4,5)18(13-15)27-20(30)21-24-11-12-32-21/h7-8,11-12,15,18,25H,9-10,13-14H2,1-6H3,(H,27,30). The van der Waals surface area contributed by atoms with Crippen LogP contribution in [-0.4, -0.2) is 35.5 Å². The van der Waals surface area contributed by atoms with Crippen molar-refractivity contribution in [1.82, 2.24) is 15.3 Å². The number of anilines is 2. The van der Waals surface area contributed by atoms with E-state index in [1.165, 1.54) is 17.5 Å². The van der Waals surface area contributed by atoms with Gasteiger partial charge in [-0.3, -0.25) is 4.79 Å². The molecule has 32 heavy (non-hydrogen) atoms. The molecule has 9 heteroatoms. The predicted octanol–water partition coefficient (Wildman–Crippen LogP) is 4.74. The lowest BCUT2D eigenvalue weighted by atomic mass is 9.68. The molecule has 2 unspecified atom stereocenters. The molecule has 0 radical (unpaired) electrons. The van der Waals surface area contributed by atoms with Gasteiger partial charge in [0, 0.05) is 31.2 Å². The maximum Gasteiger partial charge on any atom is 0.307 e. The zero-order chi connectivity index (χ0) is 23.5. The zero-order valence-electron chi connectivity index (χ0n) is 19.8. The van der Waals surface area contributed by atoms with E-state index in [2.05, 4.69) is 55.5 Å². The number of nitroso groups, excluding NO2 is 1. The molecule has 1 fully saturated rings. The highest BCUT2D eigenvalue weighted by Crippen LogP contribution is 2.43. The van der Waals surface area contributed by atoms with Gasteiger partial charge in [0.2, 0.25) is 0 Å². The minimum absolute atomic E-state index is 0.0634. The van der Waals surface area contributed by atoms with Crippen LogP contribution in [0.25, 0.3) is 0 Å². The quantitative estimate of drug-likeness (QED) is 0.470. The largest absolute Gasteiger partial charge is 0.441 e. The molecule has 2 atom stereocenters. The van der Waals surface area contributed by atoms with E-state index in [4.69, 9.17) is 9.40 Å². The van der Waals surface area contributed by atoms with Crippen LogP contribution in [0.15, 0.2) is 34.3 Å². The fourth-order valence-corrected chi connectivity index (χ4v) is 3.99. The third kappa shape index (κ3) is 5.63. The summed E-state index contributed by atoms with van der Waals surface area (Å²) in [5.41, 5.74) is 1.67. The minimum atomic E-state index is -0.311. The van der Waals surface area contributed by atoms with Crippen LogP contribution >= 0.6 is 0 Å². The van der Waals surface area contributed by atoms with Gasteiger partial charge in [0.1, 0.15) is 6.26 Å². The number of oxazole rings is 1. The van der Waals surface area contributed by atoms with Crippen molar-refractivity contribution in [2.75, 3.05) is 23.9 Å². The van der Waals surface area contributed by atoms with Crippen molar-refractivity contribution in [3.63, 3.8) is 0 Å². The Kier molecular flexibility index (Phi) is 6.85.